The lowest BCUT2D eigenvalue weighted by atomic mass is 9.83. The predicted octanol–water partition coefficient (Wildman–Crippen LogP) is 1.46. The maximum absolute atomic E-state index is 12.3. The topological polar surface area (TPSA) is 140 Å². The SMILES string of the molecule is CC(C)(C)N1CCC[C@@]1(C[C@@H](O)[C@@H](N)Cc1ccccc1)C(N)=O.N#N. The zero-order chi connectivity index (χ0) is 20.0. The fourth-order valence-corrected chi connectivity index (χ4v) is 3.94. The Morgan fingerprint density at radius 3 is 2.38 bits per heavy atom. The van der Waals surface area contributed by atoms with E-state index in [2.05, 4.69) is 25.7 Å². The first-order valence-electron chi connectivity index (χ1n) is 8.92. The van der Waals surface area contributed by atoms with Gasteiger partial charge in [-0.25, -0.2) is 0 Å². The van der Waals surface area contributed by atoms with Gasteiger partial charge in [-0.3, -0.25) is 9.69 Å². The zero-order valence-electron chi connectivity index (χ0n) is 15.9. The zero-order valence-corrected chi connectivity index (χ0v) is 15.9. The van der Waals surface area contributed by atoms with Gasteiger partial charge < -0.3 is 16.6 Å². The summed E-state index contributed by atoms with van der Waals surface area (Å²) in [6.07, 6.45) is 1.66. The van der Waals surface area contributed by atoms with E-state index in [-0.39, 0.29) is 17.9 Å². The fraction of sp³-hybridized carbons (Fsp3) is 0.632. The number of carbonyl (C=O) groups is 1. The van der Waals surface area contributed by atoms with Gasteiger partial charge in [0, 0.05) is 28.8 Å². The van der Waals surface area contributed by atoms with Crippen molar-refractivity contribution in [3.63, 3.8) is 0 Å². The van der Waals surface area contributed by atoms with Crippen molar-refractivity contribution in [3.8, 4) is 0 Å². The highest BCUT2D eigenvalue weighted by molar-refractivity contribution is 5.85. The first kappa shape index (κ1) is 22.0. The average Bonchev–Trinajstić information content (AvgIpc) is 3.03. The Morgan fingerprint density at radius 2 is 1.88 bits per heavy atom. The Kier molecular flexibility index (Phi) is 7.69. The summed E-state index contributed by atoms with van der Waals surface area (Å²) >= 11 is 0. The second-order valence-corrected chi connectivity index (χ2v) is 7.95. The molecule has 26 heavy (non-hydrogen) atoms. The molecule has 1 heterocycles. The number of hydrogen-bond acceptors (Lipinski definition) is 6. The molecule has 0 bridgehead atoms. The Bertz CT molecular complexity index is 599. The van der Waals surface area contributed by atoms with Crippen molar-refractivity contribution in [3.05, 3.63) is 35.9 Å². The van der Waals surface area contributed by atoms with Gasteiger partial charge in [0.15, 0.2) is 0 Å². The number of hydrogen-bond donors (Lipinski definition) is 3. The maximum Gasteiger partial charge on any atom is 0.238 e. The Hall–Kier alpha value is -2.01. The van der Waals surface area contributed by atoms with E-state index in [9.17, 15) is 9.90 Å². The first-order valence-corrected chi connectivity index (χ1v) is 8.92. The van der Waals surface area contributed by atoms with Gasteiger partial charge in [-0.1, -0.05) is 30.3 Å². The lowest BCUT2D eigenvalue weighted by Crippen LogP contribution is -2.62. The van der Waals surface area contributed by atoms with E-state index in [4.69, 9.17) is 22.3 Å². The number of nitrogens with two attached hydrogens (primary N) is 2. The third-order valence-electron chi connectivity index (χ3n) is 5.11. The minimum Gasteiger partial charge on any atom is -0.391 e. The second kappa shape index (κ2) is 9.08. The van der Waals surface area contributed by atoms with Gasteiger partial charge in [0.1, 0.15) is 5.54 Å². The largest absolute Gasteiger partial charge is 0.391 e. The molecule has 1 aliphatic heterocycles. The van der Waals surface area contributed by atoms with Crippen LogP contribution in [0, 0.1) is 10.8 Å². The summed E-state index contributed by atoms with van der Waals surface area (Å²) in [5, 5.41) is 22.7. The van der Waals surface area contributed by atoms with E-state index < -0.39 is 17.7 Å². The molecule has 7 nitrogen and oxygen atoms in total. The molecule has 0 unspecified atom stereocenters. The van der Waals surface area contributed by atoms with Crippen molar-refractivity contribution in [1.82, 2.24) is 4.90 Å². The molecule has 1 fully saturated rings. The van der Waals surface area contributed by atoms with Crippen molar-refractivity contribution in [1.29, 1.82) is 10.8 Å². The lowest BCUT2D eigenvalue weighted by molar-refractivity contribution is -0.134. The van der Waals surface area contributed by atoms with E-state index in [1.807, 2.05) is 30.3 Å². The summed E-state index contributed by atoms with van der Waals surface area (Å²) in [6.45, 7) is 7.04. The molecule has 1 amide bonds. The van der Waals surface area contributed by atoms with Crippen LogP contribution in [0.5, 0.6) is 0 Å². The van der Waals surface area contributed by atoms with Crippen molar-refractivity contribution in [2.24, 2.45) is 11.5 Å². The van der Waals surface area contributed by atoms with Gasteiger partial charge in [0.05, 0.1) is 6.10 Å². The van der Waals surface area contributed by atoms with Crippen molar-refractivity contribution < 1.29 is 9.90 Å². The summed E-state index contributed by atoms with van der Waals surface area (Å²) in [4.78, 5) is 14.5. The van der Waals surface area contributed by atoms with Crippen LogP contribution in [0.15, 0.2) is 30.3 Å². The Morgan fingerprint density at radius 1 is 1.31 bits per heavy atom. The van der Waals surface area contributed by atoms with Gasteiger partial charge in [-0.2, -0.15) is 0 Å². The molecule has 0 saturated carbocycles. The van der Waals surface area contributed by atoms with Crippen molar-refractivity contribution in [2.75, 3.05) is 6.54 Å². The molecule has 5 N–H and O–H groups in total. The number of aliphatic hydroxyl groups is 1. The van der Waals surface area contributed by atoms with Crippen molar-refractivity contribution >= 4 is 5.91 Å². The number of benzene rings is 1. The number of aliphatic hydroxyl groups excluding tert-OH is 1. The predicted molar refractivity (Wildman–Crippen MR) is 99.8 cm³/mol. The van der Waals surface area contributed by atoms with Crippen LogP contribution in [0.1, 0.15) is 45.6 Å². The van der Waals surface area contributed by atoms with Crippen LogP contribution in [-0.2, 0) is 11.2 Å². The van der Waals surface area contributed by atoms with E-state index in [1.54, 1.807) is 0 Å². The van der Waals surface area contributed by atoms with E-state index in [1.165, 1.54) is 0 Å². The highest BCUT2D eigenvalue weighted by Crippen LogP contribution is 2.39. The molecule has 1 aromatic rings. The van der Waals surface area contributed by atoms with Gasteiger partial charge in [-0.15, -0.1) is 0 Å². The van der Waals surface area contributed by atoms with Gasteiger partial charge in [0.25, 0.3) is 0 Å². The molecule has 0 aliphatic carbocycles. The number of amides is 1. The summed E-state index contributed by atoms with van der Waals surface area (Å²) < 4.78 is 0. The monoisotopic (exact) mass is 361 g/mol. The standard InChI is InChI=1S/C19H31N3O2.N2/c1-18(2,3)22-11-7-10-19(22,17(21)24)13-16(23)15(20)12-14-8-5-4-6-9-14;1-2/h4-6,8-9,15-16,23H,7,10-13,20H2,1-3H3,(H2,21,24);/t15-,16+,19+;/m0./s1. The van der Waals surface area contributed by atoms with E-state index in [0.717, 1.165) is 18.5 Å². The van der Waals surface area contributed by atoms with Crippen LogP contribution < -0.4 is 11.5 Å². The van der Waals surface area contributed by atoms with Gasteiger partial charge in [0.2, 0.25) is 5.91 Å². The lowest BCUT2D eigenvalue weighted by Gasteiger charge is -2.45. The number of primary amides is 1. The quantitative estimate of drug-likeness (QED) is 0.655. The van der Waals surface area contributed by atoms with Crippen LogP contribution >= 0.6 is 0 Å². The molecule has 1 saturated heterocycles. The fourth-order valence-electron chi connectivity index (χ4n) is 3.94. The van der Waals surface area contributed by atoms with Gasteiger partial charge >= 0.3 is 0 Å². The van der Waals surface area contributed by atoms with E-state index in [0.29, 0.717) is 12.8 Å². The molecule has 0 aromatic heterocycles. The molecule has 144 valence electrons. The third kappa shape index (κ3) is 5.01. The maximum atomic E-state index is 12.3. The van der Waals surface area contributed by atoms with Crippen LogP contribution in [0.2, 0.25) is 0 Å². The highest BCUT2D eigenvalue weighted by Gasteiger charge is 2.51. The molecule has 1 aliphatic rings. The van der Waals surface area contributed by atoms with Crippen LogP contribution in [0.3, 0.4) is 0 Å². The molecule has 0 spiro atoms. The van der Waals surface area contributed by atoms with Crippen LogP contribution in [-0.4, -0.2) is 45.7 Å². The molecule has 3 atom stereocenters. The Labute approximate surface area is 155 Å². The van der Waals surface area contributed by atoms with Gasteiger partial charge in [-0.05, 0) is 52.1 Å². The number of rotatable bonds is 6. The average molecular weight is 361 g/mol. The molecular formula is C19H31N5O2. The minimum atomic E-state index is -0.814. The highest BCUT2D eigenvalue weighted by atomic mass is 16.3. The summed E-state index contributed by atoms with van der Waals surface area (Å²) in [5.41, 5.74) is 12.1. The number of likely N-dealkylation sites (tertiary alicyclic amines) is 1. The van der Waals surface area contributed by atoms with Crippen molar-refractivity contribution in [2.45, 2.75) is 69.7 Å². The normalized spacial score (nSPS) is 22.9. The molecular weight excluding hydrogens is 330 g/mol. The molecule has 7 heteroatoms. The Balaban J connectivity index is 0.00000163. The van der Waals surface area contributed by atoms with Crippen LogP contribution in [0.25, 0.3) is 0 Å². The number of nitrogens with zero attached hydrogens (tertiary/aromatic N) is 3. The van der Waals surface area contributed by atoms with E-state index >= 15 is 0 Å². The summed E-state index contributed by atoms with van der Waals surface area (Å²) in [5.74, 6) is -0.360. The van der Waals surface area contributed by atoms with Crippen LogP contribution in [0.4, 0.5) is 0 Å². The molecule has 0 radical (unpaired) electrons. The first-order chi connectivity index (χ1) is 12.2. The molecule has 2 rings (SSSR count). The third-order valence-corrected chi connectivity index (χ3v) is 5.11. The summed E-state index contributed by atoms with van der Waals surface area (Å²) in [7, 11) is 0. The molecule has 1 aromatic carbocycles. The smallest absolute Gasteiger partial charge is 0.238 e. The minimum absolute atomic E-state index is 0.186. The summed E-state index contributed by atoms with van der Waals surface area (Å²) in [6, 6.07) is 9.43. The number of carbonyl (C=O) groups excluding carboxylic acids is 1. The second-order valence-electron chi connectivity index (χ2n) is 7.95.